The molecule has 0 spiro atoms. The molecule has 0 unspecified atom stereocenters. The van der Waals surface area contributed by atoms with Crippen molar-refractivity contribution in [1.29, 1.82) is 5.26 Å². The summed E-state index contributed by atoms with van der Waals surface area (Å²) in [5.41, 5.74) is 1.79. The molecule has 2 aromatic rings. The number of benzene rings is 2. The van der Waals surface area contributed by atoms with Crippen LogP contribution in [0, 0.1) is 18.3 Å². The topological polar surface area (TPSA) is 42.2 Å². The van der Waals surface area contributed by atoms with Crippen molar-refractivity contribution in [1.82, 2.24) is 0 Å². The van der Waals surface area contributed by atoms with E-state index in [0.717, 1.165) is 16.6 Å². The minimum absolute atomic E-state index is 0.554. The molecule has 0 aliphatic carbocycles. The second-order valence-electron chi connectivity index (χ2n) is 4.62. The summed E-state index contributed by atoms with van der Waals surface area (Å²) in [6.45, 7) is 3.18. The van der Waals surface area contributed by atoms with Crippen molar-refractivity contribution in [3.8, 4) is 17.6 Å². The van der Waals surface area contributed by atoms with Gasteiger partial charge in [-0.15, -0.1) is 0 Å². The van der Waals surface area contributed by atoms with Crippen molar-refractivity contribution in [2.45, 2.75) is 13.3 Å². The predicted octanol–water partition coefficient (Wildman–Crippen LogP) is 4.48. The average Bonchev–Trinajstić information content (AvgIpc) is 2.49. The highest BCUT2D eigenvalue weighted by Gasteiger charge is 2.01. The smallest absolute Gasteiger partial charge is 0.133 e. The van der Waals surface area contributed by atoms with Crippen molar-refractivity contribution in [3.05, 3.63) is 58.1 Å². The molecule has 2 rings (SSSR count). The number of rotatable bonds is 6. The maximum absolute atomic E-state index is 8.81. The van der Waals surface area contributed by atoms with Gasteiger partial charge in [-0.25, -0.2) is 0 Å². The van der Waals surface area contributed by atoms with Crippen LogP contribution in [0.15, 0.2) is 46.9 Å². The van der Waals surface area contributed by atoms with Gasteiger partial charge in [0.1, 0.15) is 11.5 Å². The molecule has 0 fully saturated rings. The van der Waals surface area contributed by atoms with Crippen molar-refractivity contribution >= 4 is 15.9 Å². The lowest BCUT2D eigenvalue weighted by Crippen LogP contribution is -2.05. The third-order valence-corrected chi connectivity index (χ3v) is 3.49. The van der Waals surface area contributed by atoms with Crippen LogP contribution in [0.5, 0.6) is 11.5 Å². The Morgan fingerprint density at radius 3 is 2.67 bits per heavy atom. The van der Waals surface area contributed by atoms with E-state index >= 15 is 0 Å². The number of aryl methyl sites for hydroxylation is 1. The first-order chi connectivity index (χ1) is 10.2. The first-order valence-corrected chi connectivity index (χ1v) is 7.50. The number of hydrogen-bond donors (Lipinski definition) is 0. The van der Waals surface area contributed by atoms with Crippen LogP contribution in [-0.4, -0.2) is 13.2 Å². The highest BCUT2D eigenvalue weighted by molar-refractivity contribution is 9.10. The van der Waals surface area contributed by atoms with Crippen LogP contribution in [0.3, 0.4) is 0 Å². The fraction of sp³-hybridized carbons (Fsp3) is 0.235. The molecule has 0 aliphatic heterocycles. The van der Waals surface area contributed by atoms with Gasteiger partial charge in [-0.1, -0.05) is 12.1 Å². The Hall–Kier alpha value is -1.99. The molecule has 0 N–H and O–H groups in total. The zero-order chi connectivity index (χ0) is 15.1. The van der Waals surface area contributed by atoms with Gasteiger partial charge in [-0.05, 0) is 58.7 Å². The number of nitrogens with zero attached hydrogens (tertiary/aromatic N) is 1. The molecular weight excluding hydrogens is 330 g/mol. The van der Waals surface area contributed by atoms with E-state index in [0.29, 0.717) is 24.5 Å². The fourth-order valence-electron chi connectivity index (χ4n) is 1.81. The Kier molecular flexibility index (Phi) is 5.65. The van der Waals surface area contributed by atoms with Crippen molar-refractivity contribution in [2.24, 2.45) is 0 Å². The second-order valence-corrected chi connectivity index (χ2v) is 5.48. The largest absolute Gasteiger partial charge is 0.493 e. The van der Waals surface area contributed by atoms with Crippen molar-refractivity contribution in [2.75, 3.05) is 13.2 Å². The van der Waals surface area contributed by atoms with Crippen molar-refractivity contribution < 1.29 is 9.47 Å². The van der Waals surface area contributed by atoms with Crippen LogP contribution in [-0.2, 0) is 0 Å². The molecule has 0 amide bonds. The van der Waals surface area contributed by atoms with E-state index in [1.165, 1.54) is 5.56 Å². The number of ether oxygens (including phenoxy) is 2. The van der Waals surface area contributed by atoms with E-state index in [-0.39, 0.29) is 0 Å². The molecule has 0 atom stereocenters. The number of nitriles is 1. The highest BCUT2D eigenvalue weighted by atomic mass is 79.9. The van der Waals surface area contributed by atoms with Crippen LogP contribution in [0.4, 0.5) is 0 Å². The van der Waals surface area contributed by atoms with Gasteiger partial charge >= 0.3 is 0 Å². The lowest BCUT2D eigenvalue weighted by Gasteiger charge is -2.10. The summed E-state index contributed by atoms with van der Waals surface area (Å²) in [5, 5.41) is 8.81. The molecule has 0 aliphatic rings. The van der Waals surface area contributed by atoms with Gasteiger partial charge in [0.25, 0.3) is 0 Å². The molecule has 4 heteroatoms. The van der Waals surface area contributed by atoms with Gasteiger partial charge in [0, 0.05) is 6.42 Å². The quantitative estimate of drug-likeness (QED) is 0.725. The lowest BCUT2D eigenvalue weighted by atomic mass is 10.2. The molecule has 0 saturated heterocycles. The summed E-state index contributed by atoms with van der Waals surface area (Å²) < 4.78 is 12.3. The van der Waals surface area contributed by atoms with Crippen LogP contribution < -0.4 is 9.47 Å². The summed E-state index contributed by atoms with van der Waals surface area (Å²) in [6, 6.07) is 15.2. The van der Waals surface area contributed by atoms with Gasteiger partial charge in [-0.2, -0.15) is 5.26 Å². The normalized spacial score (nSPS) is 9.95. The van der Waals surface area contributed by atoms with E-state index in [4.69, 9.17) is 14.7 Å². The minimum Gasteiger partial charge on any atom is -0.493 e. The van der Waals surface area contributed by atoms with E-state index in [2.05, 4.69) is 22.0 Å². The number of halogens is 1. The minimum atomic E-state index is 0.554. The summed E-state index contributed by atoms with van der Waals surface area (Å²) >= 11 is 3.48. The summed E-state index contributed by atoms with van der Waals surface area (Å²) in [4.78, 5) is 0. The third-order valence-electron chi connectivity index (χ3n) is 2.87. The van der Waals surface area contributed by atoms with Crippen LogP contribution in [0.1, 0.15) is 17.5 Å². The van der Waals surface area contributed by atoms with E-state index in [1.807, 2.05) is 37.3 Å². The predicted molar refractivity (Wildman–Crippen MR) is 85.6 cm³/mol. The Labute approximate surface area is 133 Å². The van der Waals surface area contributed by atoms with Gasteiger partial charge in [-0.3, -0.25) is 0 Å². The van der Waals surface area contributed by atoms with Gasteiger partial charge < -0.3 is 9.47 Å². The molecule has 0 radical (unpaired) electrons. The second kappa shape index (κ2) is 7.70. The standard InChI is InChI=1S/C17H16BrNO2/c1-13-6-7-17(16(18)10-13)21-9-3-8-20-15-5-2-4-14(11-15)12-19/h2,4-7,10-11H,3,8-9H2,1H3. The Bertz CT molecular complexity index is 649. The zero-order valence-corrected chi connectivity index (χ0v) is 13.4. The molecule has 0 heterocycles. The summed E-state index contributed by atoms with van der Waals surface area (Å²) in [5.74, 6) is 1.55. The molecule has 0 aromatic heterocycles. The molecular formula is C17H16BrNO2. The Balaban J connectivity index is 1.74. The SMILES string of the molecule is Cc1ccc(OCCCOc2cccc(C#N)c2)c(Br)c1. The Morgan fingerprint density at radius 2 is 1.90 bits per heavy atom. The van der Waals surface area contributed by atoms with Crippen LogP contribution >= 0.6 is 15.9 Å². The highest BCUT2D eigenvalue weighted by Crippen LogP contribution is 2.25. The van der Waals surface area contributed by atoms with Gasteiger partial charge in [0.05, 0.1) is 29.3 Å². The molecule has 3 nitrogen and oxygen atoms in total. The Morgan fingerprint density at radius 1 is 1.10 bits per heavy atom. The van der Waals surface area contributed by atoms with Crippen LogP contribution in [0.2, 0.25) is 0 Å². The summed E-state index contributed by atoms with van der Waals surface area (Å²) in [7, 11) is 0. The maximum Gasteiger partial charge on any atom is 0.133 e. The van der Waals surface area contributed by atoms with E-state index < -0.39 is 0 Å². The van der Waals surface area contributed by atoms with Gasteiger partial charge in [0.15, 0.2) is 0 Å². The number of hydrogen-bond acceptors (Lipinski definition) is 3. The zero-order valence-electron chi connectivity index (χ0n) is 11.8. The maximum atomic E-state index is 8.81. The van der Waals surface area contributed by atoms with Crippen molar-refractivity contribution in [3.63, 3.8) is 0 Å². The van der Waals surface area contributed by atoms with Crippen LogP contribution in [0.25, 0.3) is 0 Å². The molecule has 108 valence electrons. The van der Waals surface area contributed by atoms with E-state index in [1.54, 1.807) is 12.1 Å². The van der Waals surface area contributed by atoms with Gasteiger partial charge in [0.2, 0.25) is 0 Å². The third kappa shape index (κ3) is 4.80. The monoisotopic (exact) mass is 345 g/mol. The van der Waals surface area contributed by atoms with E-state index in [9.17, 15) is 0 Å². The fourth-order valence-corrected chi connectivity index (χ4v) is 2.42. The molecule has 2 aromatic carbocycles. The average molecular weight is 346 g/mol. The molecule has 0 saturated carbocycles. The molecule has 21 heavy (non-hydrogen) atoms. The lowest BCUT2D eigenvalue weighted by molar-refractivity contribution is 0.246. The first kappa shape index (κ1) is 15.4. The summed E-state index contributed by atoms with van der Waals surface area (Å²) in [6.07, 6.45) is 0.775. The first-order valence-electron chi connectivity index (χ1n) is 6.71. The molecule has 0 bridgehead atoms.